The average molecular weight is 2010 g/mol. The zero-order valence-electron chi connectivity index (χ0n) is 88.9. The summed E-state index contributed by atoms with van der Waals surface area (Å²) in [6.07, 6.45) is 13.9. The summed E-state index contributed by atoms with van der Waals surface area (Å²) in [7, 11) is 0. The third kappa shape index (κ3) is 48.7. The molecule has 0 aliphatic carbocycles. The van der Waals surface area contributed by atoms with E-state index in [1.54, 1.807) is 20.8 Å². The van der Waals surface area contributed by atoms with Gasteiger partial charge in [-0.05, 0) is 139 Å². The minimum atomic E-state index is -0.938. The SMILES string of the molecule is CCCC(NC(=O)[C@@H](NC(=O)c1cc[n+]([O-])cc1)[C@@H](C)CC)C(=O)N[C@H](CN[C@@H](CCO)C(=O)N[C@H](C(=O)NCC)C(C)C)CC(C)C.CCC[C@@H](NC(=O)[C@@H](NC(=O)c1cc[n+]([O-])cc1)[C@@H](C)CC)C(=O)N[C@H](CN[C@@H](C)C(=O)N[C@H](C(=O)NCC)C(C)C)CC(C)C.CCC[C@H](NC(=O)[C@H](CC(C)(C)C)NC(=O)c1cc[n+]([O-])cc1)C(=O)N[C@H](CN[C@@H](C)C(=O)N[C@@H](CC)C(=O)NCC)Cc1ccccc1. The van der Waals surface area contributed by atoms with Gasteiger partial charge in [0.2, 0.25) is 70.9 Å². The van der Waals surface area contributed by atoms with Gasteiger partial charge < -0.3 is 116 Å². The summed E-state index contributed by atoms with van der Waals surface area (Å²) in [5, 5.41) is 96.0. The minimum Gasteiger partial charge on any atom is -0.619 e. The third-order valence-electron chi connectivity index (χ3n) is 23.8. The highest BCUT2D eigenvalue weighted by Crippen LogP contribution is 2.23. The Morgan fingerprint density at radius 2 is 0.643 bits per heavy atom. The molecule has 0 saturated heterocycles. The van der Waals surface area contributed by atoms with Gasteiger partial charge in [-0.2, -0.15) is 14.2 Å². The van der Waals surface area contributed by atoms with Gasteiger partial charge in [-0.15, -0.1) is 0 Å². The van der Waals surface area contributed by atoms with Gasteiger partial charge >= 0.3 is 0 Å². The van der Waals surface area contributed by atoms with Crippen LogP contribution in [-0.2, 0) is 64.0 Å². The average Bonchev–Trinajstić information content (AvgIpc) is 0.853. The van der Waals surface area contributed by atoms with Crippen molar-refractivity contribution in [1.82, 2.24) is 95.7 Å². The van der Waals surface area contributed by atoms with E-state index in [9.17, 15) is 92.6 Å². The summed E-state index contributed by atoms with van der Waals surface area (Å²) in [5.74, 6) is -6.28. The first-order valence-corrected chi connectivity index (χ1v) is 50.9. The molecule has 0 radical (unpaired) electrons. The predicted octanol–water partition coefficient (Wildman–Crippen LogP) is 4.31. The molecule has 40 nitrogen and oxygen atoms in total. The summed E-state index contributed by atoms with van der Waals surface area (Å²) >= 11 is 0. The van der Waals surface area contributed by atoms with Crippen LogP contribution in [0.2, 0.25) is 0 Å². The second-order valence-corrected chi connectivity index (χ2v) is 39.3. The Labute approximate surface area is 846 Å². The number of likely N-dealkylation sites (N-methyl/N-ethyl adjacent to an activating group) is 3. The quantitative estimate of drug-likeness (QED) is 0.0216. The lowest BCUT2D eigenvalue weighted by molar-refractivity contribution is -0.605. The molecule has 143 heavy (non-hydrogen) atoms. The van der Waals surface area contributed by atoms with E-state index in [1.165, 1.54) is 73.6 Å². The topological polar surface area (TPSA) is 574 Å². The number of rotatable bonds is 61. The normalized spacial score (nSPS) is 14.9. The van der Waals surface area contributed by atoms with Gasteiger partial charge in [0.1, 0.15) is 54.4 Å². The van der Waals surface area contributed by atoms with E-state index in [4.69, 9.17) is 0 Å². The molecule has 0 spiro atoms. The molecule has 3 heterocycles. The van der Waals surface area contributed by atoms with Crippen molar-refractivity contribution in [2.24, 2.45) is 40.9 Å². The molecular weight excluding hydrogens is 1840 g/mol. The smallest absolute Gasteiger partial charge is 0.252 e. The first-order chi connectivity index (χ1) is 67.5. The maximum Gasteiger partial charge on any atom is 0.252 e. The van der Waals surface area contributed by atoms with Crippen LogP contribution in [0.1, 0.15) is 286 Å². The fourth-order valence-corrected chi connectivity index (χ4v) is 15.3. The van der Waals surface area contributed by atoms with E-state index in [0.29, 0.717) is 124 Å². The zero-order chi connectivity index (χ0) is 108. The largest absolute Gasteiger partial charge is 0.619 e. The third-order valence-corrected chi connectivity index (χ3v) is 23.8. The summed E-state index contributed by atoms with van der Waals surface area (Å²) in [5.41, 5.74) is 1.34. The number of carbonyl (C=O) groups is 15. The standard InChI is InChI=1S/C36H55N7O6.C34H59N7O7.C33H57N7O6/c1-8-14-29(41-35(48)30(22-36(5,6)7)42-32(45)26-17-19-43(49)20-18-26)34(47)39-27(21-25-15-12-11-13-16-25)23-38-24(4)31(44)40-28(9-2)33(46)37-10-3;1-9-12-27(38-34(47)29(23(8)10-2)40-30(43)24-13-16-41(48)17-14-24)32(45)37-25(19-21(4)5)20-36-26(15-18-42)31(44)39-28(22(6)7)33(46)35-11-3;1-10-13-26(37-33(45)28(22(8)11-2)39-30(42)24-14-16-40(46)17-15-24)31(43)36-25(18-20(4)5)19-35-23(9)29(41)38-27(21(6)7)32(44)34-12-3/h11-13,15-20,24,27-30,38H,8-10,14,21-23H2,1-7H3,(H,37,46)(H,39,47)(H,40,44)(H,41,48)(H,42,45);13-14,16-17,21-23,25-29,36,42H,9-12,15,18-20H2,1-8H3,(H,35,46)(H,37,45)(H,38,47)(H,39,44)(H,40,43);14-17,20-23,25-28,35H,10-13,18-19H2,1-9H3,(H,34,44)(H,36,43)(H,37,45)(H,38,41)(H,39,42)/t24-,27-,28-,29-,30-;23-,25-,26-,27?,28-,29-;22-,23-,25-,26+,27-,28-/m000/s1. The molecule has 17 atom stereocenters. The van der Waals surface area contributed by atoms with Gasteiger partial charge in [-0.25, -0.2) is 0 Å². The van der Waals surface area contributed by atoms with Crippen LogP contribution in [0, 0.1) is 56.5 Å². The van der Waals surface area contributed by atoms with Crippen molar-refractivity contribution in [3.8, 4) is 0 Å². The Balaban J connectivity index is 0.000000725. The molecule has 1 aromatic carbocycles. The molecule has 0 saturated carbocycles. The van der Waals surface area contributed by atoms with Crippen molar-refractivity contribution in [2.75, 3.05) is 45.9 Å². The molecule has 3 aromatic heterocycles. The first-order valence-electron chi connectivity index (χ1n) is 50.9. The number of amides is 15. The Hall–Kier alpha value is -12.0. The monoisotopic (exact) mass is 2010 g/mol. The number of aromatic nitrogens is 3. The van der Waals surface area contributed by atoms with Gasteiger partial charge in [0.15, 0.2) is 37.2 Å². The highest BCUT2D eigenvalue weighted by Gasteiger charge is 2.38. The molecular formula is C103H171N21O19. The molecule has 802 valence electrons. The van der Waals surface area contributed by atoms with Crippen molar-refractivity contribution in [1.29, 1.82) is 0 Å². The van der Waals surface area contributed by atoms with Gasteiger partial charge in [-0.3, -0.25) is 71.9 Å². The number of aliphatic hydroxyl groups is 1. The predicted molar refractivity (Wildman–Crippen MR) is 549 cm³/mol. The maximum absolute atomic E-state index is 13.8. The molecule has 4 rings (SSSR count). The van der Waals surface area contributed by atoms with Crippen LogP contribution in [0.15, 0.2) is 104 Å². The lowest BCUT2D eigenvalue weighted by Crippen LogP contribution is -2.58. The number of benzene rings is 1. The van der Waals surface area contributed by atoms with Crippen LogP contribution >= 0.6 is 0 Å². The number of nitrogens with one attached hydrogen (secondary N) is 18. The highest BCUT2D eigenvalue weighted by molar-refractivity contribution is 6.01. The number of pyridine rings is 3. The molecule has 0 bridgehead atoms. The van der Waals surface area contributed by atoms with Crippen LogP contribution in [0.25, 0.3) is 0 Å². The highest BCUT2D eigenvalue weighted by atomic mass is 16.5. The van der Waals surface area contributed by atoms with Crippen LogP contribution in [0.4, 0.5) is 0 Å². The molecule has 15 amide bonds. The summed E-state index contributed by atoms with van der Waals surface area (Å²) < 4.78 is 1.69. The van der Waals surface area contributed by atoms with E-state index >= 15 is 0 Å². The minimum absolute atomic E-state index is 0.0981. The van der Waals surface area contributed by atoms with Gasteiger partial charge in [-0.1, -0.05) is 194 Å². The fourth-order valence-electron chi connectivity index (χ4n) is 15.3. The number of aliphatic hydroxyl groups excluding tert-OH is 1. The summed E-state index contributed by atoms with van der Waals surface area (Å²) in [6.45, 7) is 47.0. The molecule has 1 unspecified atom stereocenters. The lowest BCUT2D eigenvalue weighted by Gasteiger charge is -2.29. The number of hydrogen-bond acceptors (Lipinski definition) is 22. The van der Waals surface area contributed by atoms with Crippen molar-refractivity contribution in [3.63, 3.8) is 0 Å². The van der Waals surface area contributed by atoms with Crippen LogP contribution in [0.5, 0.6) is 0 Å². The van der Waals surface area contributed by atoms with E-state index < -0.39 is 132 Å². The van der Waals surface area contributed by atoms with Gasteiger partial charge in [0.05, 0.1) is 34.8 Å². The second-order valence-electron chi connectivity index (χ2n) is 39.3. The van der Waals surface area contributed by atoms with Gasteiger partial charge in [0.25, 0.3) is 17.7 Å². The number of hydrogen-bond donors (Lipinski definition) is 19. The Morgan fingerprint density at radius 3 is 0.986 bits per heavy atom. The van der Waals surface area contributed by atoms with E-state index in [0.717, 1.165) is 5.56 Å². The molecule has 0 fully saturated rings. The van der Waals surface area contributed by atoms with Gasteiger partial charge in [0, 0.05) is 100 Å². The summed E-state index contributed by atoms with van der Waals surface area (Å²) in [6, 6.07) is 7.12. The molecule has 4 aromatic rings. The van der Waals surface area contributed by atoms with Crippen LogP contribution in [0.3, 0.4) is 0 Å². The van der Waals surface area contributed by atoms with Crippen LogP contribution in [-0.4, -0.2) is 230 Å². The van der Waals surface area contributed by atoms with Crippen LogP contribution < -0.4 is 110 Å². The summed E-state index contributed by atoms with van der Waals surface area (Å²) in [4.78, 5) is 197. The van der Waals surface area contributed by atoms with Crippen molar-refractivity contribution < 1.29 is 91.2 Å². The number of nitrogens with zero attached hydrogens (tertiary/aromatic N) is 3. The van der Waals surface area contributed by atoms with Crippen molar-refractivity contribution in [2.45, 2.75) is 347 Å². The Bertz CT molecular complexity index is 4550. The zero-order valence-corrected chi connectivity index (χ0v) is 88.9. The fraction of sp³-hybridized carbons (Fsp3) is 0.650. The first kappa shape index (κ1) is 127. The molecule has 0 aliphatic rings. The number of carbonyl (C=O) groups excluding carboxylic acids is 15. The molecule has 19 N–H and O–H groups in total. The maximum atomic E-state index is 13.8. The lowest BCUT2D eigenvalue weighted by atomic mass is 9.87. The van der Waals surface area contributed by atoms with E-state index in [2.05, 4.69) is 95.7 Å². The second kappa shape index (κ2) is 67.5. The van der Waals surface area contributed by atoms with E-state index in [1.807, 2.05) is 176 Å². The van der Waals surface area contributed by atoms with Crippen molar-refractivity contribution >= 4 is 88.6 Å². The molecule has 40 heteroatoms. The Morgan fingerprint density at radius 1 is 0.322 bits per heavy atom. The van der Waals surface area contributed by atoms with E-state index in [-0.39, 0.29) is 131 Å². The molecule has 0 aliphatic heterocycles. The van der Waals surface area contributed by atoms with Crippen molar-refractivity contribution in [3.05, 3.63) is 142 Å². The Kier molecular flexibility index (Phi) is 59.9.